The average molecular weight is 363 g/mol. The molecule has 2 aromatic rings. The number of pyridine rings is 1. The Hall–Kier alpha value is -2.28. The Balaban J connectivity index is 1.96. The Kier molecular flexibility index (Phi) is 6.64. The number of benzene rings is 1. The summed E-state index contributed by atoms with van der Waals surface area (Å²) in [5.74, 6) is 1.56. The fourth-order valence-corrected chi connectivity index (χ4v) is 3.38. The van der Waals surface area contributed by atoms with Crippen molar-refractivity contribution >= 4 is 27.2 Å². The first-order valence-corrected chi connectivity index (χ1v) is 10.0. The maximum absolute atomic E-state index is 11.9. The predicted molar refractivity (Wildman–Crippen MR) is 102 cm³/mol. The fraction of sp³-hybridized carbons (Fsp3) is 0.389. The van der Waals surface area contributed by atoms with Gasteiger partial charge >= 0.3 is 0 Å². The van der Waals surface area contributed by atoms with Crippen molar-refractivity contribution in [2.75, 3.05) is 15.8 Å². The molecule has 1 heterocycles. The smallest absolute Gasteiger partial charge is 0.232 e. The van der Waals surface area contributed by atoms with E-state index in [1.165, 1.54) is 6.20 Å². The Morgan fingerprint density at radius 2 is 1.76 bits per heavy atom. The van der Waals surface area contributed by atoms with E-state index < -0.39 is 10.0 Å². The molecule has 136 valence electrons. The van der Waals surface area contributed by atoms with Gasteiger partial charge in [0, 0.05) is 5.69 Å². The van der Waals surface area contributed by atoms with Gasteiger partial charge in [0.2, 0.25) is 10.0 Å². The molecule has 0 atom stereocenters. The Morgan fingerprint density at radius 3 is 2.32 bits per heavy atom. The van der Waals surface area contributed by atoms with Gasteiger partial charge in [0.05, 0.1) is 23.7 Å². The molecule has 0 saturated heterocycles. The molecule has 0 amide bonds. The second kappa shape index (κ2) is 8.71. The molecule has 6 nitrogen and oxygen atoms in total. The minimum Gasteiger partial charge on any atom is -0.491 e. The van der Waals surface area contributed by atoms with Gasteiger partial charge in [-0.3, -0.25) is 4.72 Å². The van der Waals surface area contributed by atoms with Crippen molar-refractivity contribution < 1.29 is 13.2 Å². The van der Waals surface area contributed by atoms with Gasteiger partial charge in [0.15, 0.2) is 0 Å². The van der Waals surface area contributed by atoms with E-state index >= 15 is 0 Å². The largest absolute Gasteiger partial charge is 0.491 e. The molecule has 2 N–H and O–H groups in total. The zero-order valence-electron chi connectivity index (χ0n) is 14.8. The highest BCUT2D eigenvalue weighted by Gasteiger charge is 2.09. The van der Waals surface area contributed by atoms with Crippen LogP contribution >= 0.6 is 0 Å². The van der Waals surface area contributed by atoms with Crippen molar-refractivity contribution in [3.05, 3.63) is 42.6 Å². The Bertz CT molecular complexity index is 757. The second-order valence-corrected chi connectivity index (χ2v) is 7.86. The van der Waals surface area contributed by atoms with Gasteiger partial charge in [-0.1, -0.05) is 13.3 Å². The second-order valence-electron chi connectivity index (χ2n) is 6.02. The van der Waals surface area contributed by atoms with Gasteiger partial charge in [-0.05, 0) is 56.7 Å². The summed E-state index contributed by atoms with van der Waals surface area (Å²) in [4.78, 5) is 4.24. The maximum atomic E-state index is 11.9. The maximum Gasteiger partial charge on any atom is 0.232 e. The summed E-state index contributed by atoms with van der Waals surface area (Å²) in [7, 11) is -3.31. The molecule has 7 heteroatoms. The third-order valence-electron chi connectivity index (χ3n) is 3.30. The van der Waals surface area contributed by atoms with Gasteiger partial charge in [0.1, 0.15) is 11.6 Å². The number of sulfonamides is 1. The minimum atomic E-state index is -3.31. The lowest BCUT2D eigenvalue weighted by atomic mass is 10.3. The zero-order chi connectivity index (χ0) is 18.3. The van der Waals surface area contributed by atoms with Crippen LogP contribution < -0.4 is 14.8 Å². The Labute approximate surface area is 149 Å². The number of nitrogens with one attached hydrogen (secondary N) is 2. The molecule has 0 aliphatic rings. The topological polar surface area (TPSA) is 80.3 Å². The van der Waals surface area contributed by atoms with E-state index in [4.69, 9.17) is 4.74 Å². The number of ether oxygens (including phenoxy) is 1. The number of hydrogen-bond donors (Lipinski definition) is 2. The molecule has 0 aliphatic heterocycles. The summed E-state index contributed by atoms with van der Waals surface area (Å²) < 4.78 is 31.9. The summed E-state index contributed by atoms with van der Waals surface area (Å²) in [6, 6.07) is 11.0. The number of nitrogens with zero attached hydrogens (tertiary/aromatic N) is 1. The molecule has 0 aliphatic carbocycles. The summed E-state index contributed by atoms with van der Waals surface area (Å²) in [6.07, 6.45) is 3.11. The molecule has 2 rings (SSSR count). The van der Waals surface area contributed by atoms with Gasteiger partial charge in [-0.2, -0.15) is 0 Å². The molecule has 1 aromatic carbocycles. The SMILES string of the molecule is CCCCS(=O)(=O)Nc1ccc(Nc2ccc(OC(C)C)cc2)nc1. The third kappa shape index (κ3) is 6.62. The summed E-state index contributed by atoms with van der Waals surface area (Å²) in [6.45, 7) is 5.92. The van der Waals surface area contributed by atoms with Crippen molar-refractivity contribution in [1.82, 2.24) is 4.98 Å². The van der Waals surface area contributed by atoms with E-state index in [1.54, 1.807) is 12.1 Å². The monoisotopic (exact) mass is 363 g/mol. The summed E-state index contributed by atoms with van der Waals surface area (Å²) >= 11 is 0. The molecular weight excluding hydrogens is 338 g/mol. The van der Waals surface area contributed by atoms with Crippen molar-refractivity contribution in [3.8, 4) is 5.75 Å². The van der Waals surface area contributed by atoms with Crippen LogP contribution in [0.4, 0.5) is 17.2 Å². The Morgan fingerprint density at radius 1 is 1.08 bits per heavy atom. The van der Waals surface area contributed by atoms with Crippen molar-refractivity contribution in [2.24, 2.45) is 0 Å². The van der Waals surface area contributed by atoms with E-state index in [1.807, 2.05) is 45.0 Å². The lowest BCUT2D eigenvalue weighted by molar-refractivity contribution is 0.242. The molecule has 25 heavy (non-hydrogen) atoms. The van der Waals surface area contributed by atoms with Crippen molar-refractivity contribution in [2.45, 2.75) is 39.7 Å². The van der Waals surface area contributed by atoms with E-state index in [0.29, 0.717) is 17.9 Å². The summed E-state index contributed by atoms with van der Waals surface area (Å²) in [5.41, 5.74) is 1.34. The highest BCUT2D eigenvalue weighted by Crippen LogP contribution is 2.20. The van der Waals surface area contributed by atoms with Crippen molar-refractivity contribution in [1.29, 1.82) is 0 Å². The van der Waals surface area contributed by atoms with Crippen LogP contribution in [0, 0.1) is 0 Å². The van der Waals surface area contributed by atoms with Crippen LogP contribution in [0.1, 0.15) is 33.6 Å². The highest BCUT2D eigenvalue weighted by atomic mass is 32.2. The summed E-state index contributed by atoms with van der Waals surface area (Å²) in [5, 5.41) is 3.16. The predicted octanol–water partition coefficient (Wildman–Crippen LogP) is 4.15. The first-order chi connectivity index (χ1) is 11.9. The molecular formula is C18H25N3O3S. The van der Waals surface area contributed by atoms with Crippen LogP contribution in [0.15, 0.2) is 42.6 Å². The van der Waals surface area contributed by atoms with Crippen LogP contribution in [-0.2, 0) is 10.0 Å². The molecule has 0 radical (unpaired) electrons. The van der Waals surface area contributed by atoms with Gasteiger partial charge in [0.25, 0.3) is 0 Å². The standard InChI is InChI=1S/C18H25N3O3S/c1-4-5-12-25(22,23)21-16-8-11-18(19-13-16)20-15-6-9-17(10-7-15)24-14(2)3/h6-11,13-14,21H,4-5,12H2,1-3H3,(H,19,20). The quantitative estimate of drug-likeness (QED) is 0.699. The minimum absolute atomic E-state index is 0.119. The fourth-order valence-electron chi connectivity index (χ4n) is 2.13. The molecule has 0 bridgehead atoms. The van der Waals surface area contributed by atoms with Crippen molar-refractivity contribution in [3.63, 3.8) is 0 Å². The lowest BCUT2D eigenvalue weighted by Gasteiger charge is -2.11. The van der Waals surface area contributed by atoms with E-state index in [-0.39, 0.29) is 11.9 Å². The van der Waals surface area contributed by atoms with E-state index in [2.05, 4.69) is 15.0 Å². The zero-order valence-corrected chi connectivity index (χ0v) is 15.6. The molecule has 0 unspecified atom stereocenters. The molecule has 0 saturated carbocycles. The number of rotatable bonds is 9. The number of aromatic nitrogens is 1. The van der Waals surface area contributed by atoms with Crippen LogP contribution in [0.2, 0.25) is 0 Å². The normalized spacial score (nSPS) is 11.4. The number of unbranched alkanes of at least 4 members (excludes halogenated alkanes) is 1. The molecule has 0 fully saturated rings. The number of anilines is 3. The van der Waals surface area contributed by atoms with Gasteiger partial charge in [-0.25, -0.2) is 13.4 Å². The van der Waals surface area contributed by atoms with Crippen LogP contribution in [0.25, 0.3) is 0 Å². The van der Waals surface area contributed by atoms with Crippen LogP contribution in [0.5, 0.6) is 5.75 Å². The van der Waals surface area contributed by atoms with Gasteiger partial charge in [-0.15, -0.1) is 0 Å². The van der Waals surface area contributed by atoms with Gasteiger partial charge < -0.3 is 10.1 Å². The average Bonchev–Trinajstić information content (AvgIpc) is 2.56. The number of hydrogen-bond acceptors (Lipinski definition) is 5. The molecule has 0 spiro atoms. The van der Waals surface area contributed by atoms with Crippen LogP contribution in [-0.4, -0.2) is 25.3 Å². The lowest BCUT2D eigenvalue weighted by Crippen LogP contribution is -2.16. The molecule has 1 aromatic heterocycles. The highest BCUT2D eigenvalue weighted by molar-refractivity contribution is 7.92. The van der Waals surface area contributed by atoms with Crippen LogP contribution in [0.3, 0.4) is 0 Å². The first kappa shape index (κ1) is 19.1. The third-order valence-corrected chi connectivity index (χ3v) is 4.67. The van der Waals surface area contributed by atoms with E-state index in [0.717, 1.165) is 17.9 Å². The first-order valence-electron chi connectivity index (χ1n) is 8.38. The van der Waals surface area contributed by atoms with E-state index in [9.17, 15) is 8.42 Å².